The van der Waals surface area contributed by atoms with Gasteiger partial charge in [-0.1, -0.05) is 53.5 Å². The van der Waals surface area contributed by atoms with E-state index in [0.29, 0.717) is 35.2 Å². The molecule has 0 radical (unpaired) electrons. The number of carbonyl (C=O) groups is 1. The molecule has 4 rings (SSSR count). The molecule has 0 bridgehead atoms. The third-order valence-electron chi connectivity index (χ3n) is 5.02. The summed E-state index contributed by atoms with van der Waals surface area (Å²) in [5.74, 6) is -0.121. The van der Waals surface area contributed by atoms with E-state index in [1.807, 2.05) is 30.3 Å². The van der Waals surface area contributed by atoms with Crippen LogP contribution in [0.15, 0.2) is 72.9 Å². The van der Waals surface area contributed by atoms with Gasteiger partial charge in [0, 0.05) is 47.0 Å². The number of rotatable bonds is 6. The lowest BCUT2D eigenvalue weighted by Gasteiger charge is -2.10. The van der Waals surface area contributed by atoms with Gasteiger partial charge in [0.15, 0.2) is 0 Å². The Labute approximate surface area is 185 Å². The van der Waals surface area contributed by atoms with Gasteiger partial charge in [-0.15, -0.1) is 0 Å². The summed E-state index contributed by atoms with van der Waals surface area (Å²) in [4.78, 5) is 12.3. The lowest BCUT2D eigenvalue weighted by molar-refractivity contribution is 0.0955. The Bertz CT molecular complexity index is 1220. The molecule has 152 valence electrons. The van der Waals surface area contributed by atoms with Crippen molar-refractivity contribution >= 4 is 40.0 Å². The summed E-state index contributed by atoms with van der Waals surface area (Å²) in [7, 11) is 0. The summed E-state index contributed by atoms with van der Waals surface area (Å²) in [5.41, 5.74) is 10.2. The zero-order valence-corrected chi connectivity index (χ0v) is 17.8. The van der Waals surface area contributed by atoms with E-state index >= 15 is 0 Å². The van der Waals surface area contributed by atoms with E-state index in [4.69, 9.17) is 28.9 Å². The van der Waals surface area contributed by atoms with Crippen molar-refractivity contribution < 1.29 is 4.79 Å². The predicted octanol–water partition coefficient (Wildman–Crippen LogP) is 5.35. The maximum Gasteiger partial charge on any atom is 0.251 e. The first-order valence-corrected chi connectivity index (χ1v) is 10.4. The molecule has 0 unspecified atom stereocenters. The Morgan fingerprint density at radius 1 is 0.967 bits per heavy atom. The second-order valence-corrected chi connectivity index (χ2v) is 7.92. The highest BCUT2D eigenvalue weighted by molar-refractivity contribution is 6.35. The summed E-state index contributed by atoms with van der Waals surface area (Å²) >= 11 is 12.4. The Balaban J connectivity index is 1.67. The van der Waals surface area contributed by atoms with Gasteiger partial charge >= 0.3 is 0 Å². The monoisotopic (exact) mass is 437 g/mol. The van der Waals surface area contributed by atoms with Crippen molar-refractivity contribution in [2.75, 3.05) is 13.1 Å². The number of benzene rings is 3. The van der Waals surface area contributed by atoms with Gasteiger partial charge in [-0.3, -0.25) is 4.79 Å². The quantitative estimate of drug-likeness (QED) is 0.426. The van der Waals surface area contributed by atoms with E-state index in [2.05, 4.69) is 40.3 Å². The van der Waals surface area contributed by atoms with Gasteiger partial charge in [0.25, 0.3) is 5.91 Å². The fourth-order valence-corrected chi connectivity index (χ4v) is 3.93. The van der Waals surface area contributed by atoms with E-state index < -0.39 is 0 Å². The highest BCUT2D eigenvalue weighted by atomic mass is 35.5. The number of amides is 1. The largest absolute Gasteiger partial charge is 0.351 e. The number of halogens is 2. The van der Waals surface area contributed by atoms with E-state index in [9.17, 15) is 4.79 Å². The average molecular weight is 438 g/mol. The molecule has 0 aliphatic rings. The molecule has 0 saturated carbocycles. The molecule has 0 aliphatic carbocycles. The normalized spacial score (nSPS) is 11.0. The van der Waals surface area contributed by atoms with Crippen LogP contribution in [0, 0.1) is 0 Å². The van der Waals surface area contributed by atoms with E-state index in [0.717, 1.165) is 27.6 Å². The molecule has 3 N–H and O–H groups in total. The smallest absolute Gasteiger partial charge is 0.251 e. The number of nitrogens with one attached hydrogen (secondary N) is 1. The highest BCUT2D eigenvalue weighted by Gasteiger charge is 2.10. The number of carbonyl (C=O) groups excluding carboxylic acids is 1. The number of nitrogens with two attached hydrogens (primary N) is 1. The van der Waals surface area contributed by atoms with Gasteiger partial charge < -0.3 is 15.6 Å². The van der Waals surface area contributed by atoms with Crippen molar-refractivity contribution in [3.05, 3.63) is 94.1 Å². The molecule has 0 aliphatic heterocycles. The minimum absolute atomic E-state index is 0.121. The third-order valence-corrected chi connectivity index (χ3v) is 5.60. The standard InChI is InChI=1S/C24H21Cl2N3O/c25-21-7-6-20(22(26)14-21)15-29-11-8-16-4-5-18(13-23(16)29)17-2-1-3-19(12-17)24(30)28-10-9-27/h1-8,11-14H,9-10,15,27H2,(H,28,30). The molecule has 4 aromatic rings. The fraction of sp³-hybridized carbons (Fsp3) is 0.125. The minimum Gasteiger partial charge on any atom is -0.351 e. The van der Waals surface area contributed by atoms with Crippen LogP contribution in [0.5, 0.6) is 0 Å². The number of hydrogen-bond donors (Lipinski definition) is 2. The van der Waals surface area contributed by atoms with E-state index in [-0.39, 0.29) is 5.91 Å². The van der Waals surface area contributed by atoms with Crippen LogP contribution in [-0.4, -0.2) is 23.6 Å². The Morgan fingerprint density at radius 3 is 2.60 bits per heavy atom. The topological polar surface area (TPSA) is 60.0 Å². The highest BCUT2D eigenvalue weighted by Crippen LogP contribution is 2.28. The number of aromatic nitrogens is 1. The summed E-state index contributed by atoms with van der Waals surface area (Å²) in [6.45, 7) is 1.51. The van der Waals surface area contributed by atoms with E-state index in [1.54, 1.807) is 12.1 Å². The molecule has 0 atom stereocenters. The van der Waals surface area contributed by atoms with Gasteiger partial charge in [-0.2, -0.15) is 0 Å². The van der Waals surface area contributed by atoms with Crippen molar-refractivity contribution in [3.63, 3.8) is 0 Å². The number of hydrogen-bond acceptors (Lipinski definition) is 2. The summed E-state index contributed by atoms with van der Waals surface area (Å²) in [6.07, 6.45) is 2.05. The predicted molar refractivity (Wildman–Crippen MR) is 124 cm³/mol. The van der Waals surface area contributed by atoms with Gasteiger partial charge in [0.1, 0.15) is 0 Å². The minimum atomic E-state index is -0.121. The summed E-state index contributed by atoms with van der Waals surface area (Å²) in [5, 5.41) is 5.22. The van der Waals surface area contributed by atoms with Gasteiger partial charge in [0.05, 0.1) is 0 Å². The molecule has 1 amide bonds. The van der Waals surface area contributed by atoms with Gasteiger partial charge in [-0.05, 0) is 58.5 Å². The molecular weight excluding hydrogens is 417 g/mol. The van der Waals surface area contributed by atoms with Crippen LogP contribution in [0.3, 0.4) is 0 Å². The van der Waals surface area contributed by atoms with Crippen molar-refractivity contribution in [3.8, 4) is 11.1 Å². The molecule has 3 aromatic carbocycles. The SMILES string of the molecule is NCCNC(=O)c1cccc(-c2ccc3ccn(Cc4ccc(Cl)cc4Cl)c3c2)c1. The Hall–Kier alpha value is -2.79. The molecule has 4 nitrogen and oxygen atoms in total. The average Bonchev–Trinajstić information content (AvgIpc) is 3.16. The first-order valence-electron chi connectivity index (χ1n) is 9.66. The molecule has 1 heterocycles. The lowest BCUT2D eigenvalue weighted by atomic mass is 10.0. The molecule has 1 aromatic heterocycles. The summed E-state index contributed by atoms with van der Waals surface area (Å²) in [6, 6.07) is 21.5. The maximum atomic E-state index is 12.3. The van der Waals surface area contributed by atoms with Crippen molar-refractivity contribution in [1.82, 2.24) is 9.88 Å². The van der Waals surface area contributed by atoms with Crippen LogP contribution in [-0.2, 0) is 6.54 Å². The zero-order chi connectivity index (χ0) is 21.1. The second-order valence-electron chi connectivity index (χ2n) is 7.08. The number of nitrogens with zero attached hydrogens (tertiary/aromatic N) is 1. The molecule has 6 heteroatoms. The lowest BCUT2D eigenvalue weighted by Crippen LogP contribution is -2.28. The molecule has 0 fully saturated rings. The van der Waals surface area contributed by atoms with Crippen LogP contribution in [0.2, 0.25) is 10.0 Å². The maximum absolute atomic E-state index is 12.3. The third kappa shape index (κ3) is 4.36. The van der Waals surface area contributed by atoms with Crippen LogP contribution < -0.4 is 11.1 Å². The van der Waals surface area contributed by atoms with Crippen LogP contribution in [0.1, 0.15) is 15.9 Å². The molecular formula is C24H21Cl2N3O. The van der Waals surface area contributed by atoms with Gasteiger partial charge in [0.2, 0.25) is 0 Å². The summed E-state index contributed by atoms with van der Waals surface area (Å²) < 4.78 is 2.16. The number of fused-ring (bicyclic) bond motifs is 1. The van der Waals surface area contributed by atoms with Crippen LogP contribution in [0.4, 0.5) is 0 Å². The van der Waals surface area contributed by atoms with E-state index in [1.165, 1.54) is 0 Å². The fourth-order valence-electron chi connectivity index (χ4n) is 3.46. The molecule has 30 heavy (non-hydrogen) atoms. The zero-order valence-electron chi connectivity index (χ0n) is 16.2. The van der Waals surface area contributed by atoms with Crippen molar-refractivity contribution in [2.24, 2.45) is 5.73 Å². The first-order chi connectivity index (χ1) is 14.5. The second kappa shape index (κ2) is 8.92. The Kier molecular flexibility index (Phi) is 6.09. The van der Waals surface area contributed by atoms with Crippen molar-refractivity contribution in [2.45, 2.75) is 6.54 Å². The Morgan fingerprint density at radius 2 is 1.80 bits per heavy atom. The van der Waals surface area contributed by atoms with Gasteiger partial charge in [-0.25, -0.2) is 0 Å². The van der Waals surface area contributed by atoms with Crippen LogP contribution in [0.25, 0.3) is 22.0 Å². The first kappa shape index (κ1) is 20.5. The molecule has 0 saturated heterocycles. The molecule has 0 spiro atoms. The van der Waals surface area contributed by atoms with Crippen LogP contribution >= 0.6 is 23.2 Å². The van der Waals surface area contributed by atoms with Crippen molar-refractivity contribution in [1.29, 1.82) is 0 Å².